The number of hydrogen-bond acceptors (Lipinski definition) is 1. The summed E-state index contributed by atoms with van der Waals surface area (Å²) in [4.78, 5) is 7.84. The largest absolute Gasteiger partial charge is 0.370 e. The van der Waals surface area contributed by atoms with Crippen LogP contribution in [-0.4, -0.2) is 24.0 Å². The van der Waals surface area contributed by atoms with Crippen LogP contribution >= 0.6 is 24.0 Å². The second kappa shape index (κ2) is 8.57. The summed E-state index contributed by atoms with van der Waals surface area (Å²) in [6.45, 7) is 3.89. The van der Waals surface area contributed by atoms with E-state index < -0.39 is 0 Å². The first-order valence-electron chi connectivity index (χ1n) is 8.39. The molecule has 4 nitrogen and oxygen atoms in total. The zero-order valence-electron chi connectivity index (χ0n) is 13.8. The maximum Gasteiger partial charge on any atom is 0.188 e. The summed E-state index contributed by atoms with van der Waals surface area (Å²) in [6, 6.07) is 6.51. The number of para-hydroxylation sites is 1. The molecular weight excluding hydrogens is 399 g/mol. The highest BCUT2D eigenvalue weighted by molar-refractivity contribution is 14.0. The molecule has 0 amide bonds. The quantitative estimate of drug-likeness (QED) is 0.376. The molecule has 4 N–H and O–H groups in total. The van der Waals surface area contributed by atoms with E-state index in [-0.39, 0.29) is 24.0 Å². The lowest BCUT2D eigenvalue weighted by Gasteiger charge is -2.23. The van der Waals surface area contributed by atoms with Crippen LogP contribution in [0.5, 0.6) is 0 Å². The topological polar surface area (TPSA) is 66.2 Å². The van der Waals surface area contributed by atoms with Crippen LogP contribution < -0.4 is 11.1 Å². The number of fused-ring (bicyclic) bond motifs is 1. The second-order valence-electron chi connectivity index (χ2n) is 6.21. The first kappa shape index (κ1) is 18.1. The van der Waals surface area contributed by atoms with Gasteiger partial charge in [0.05, 0.1) is 0 Å². The Hall–Kier alpha value is -1.24. The van der Waals surface area contributed by atoms with Gasteiger partial charge in [0.15, 0.2) is 5.96 Å². The van der Waals surface area contributed by atoms with E-state index in [0.717, 1.165) is 31.8 Å². The lowest BCUT2D eigenvalue weighted by Crippen LogP contribution is -2.34. The number of aromatic amines is 1. The van der Waals surface area contributed by atoms with E-state index in [0.29, 0.717) is 5.96 Å². The summed E-state index contributed by atoms with van der Waals surface area (Å²) in [5.41, 5.74) is 9.91. The van der Waals surface area contributed by atoms with Crippen molar-refractivity contribution in [1.29, 1.82) is 0 Å². The van der Waals surface area contributed by atoms with Gasteiger partial charge in [0.25, 0.3) is 0 Å². The van der Waals surface area contributed by atoms with Gasteiger partial charge in [-0.15, -0.1) is 24.0 Å². The highest BCUT2D eigenvalue weighted by Gasteiger charge is 2.16. The molecule has 5 heteroatoms. The van der Waals surface area contributed by atoms with E-state index in [4.69, 9.17) is 5.73 Å². The minimum absolute atomic E-state index is 0. The molecule has 126 valence electrons. The number of nitrogens with two attached hydrogens (primary N) is 1. The predicted octanol–water partition coefficient (Wildman–Crippen LogP) is 3.60. The van der Waals surface area contributed by atoms with Crippen LogP contribution in [0.4, 0.5) is 0 Å². The first-order valence-corrected chi connectivity index (χ1v) is 8.39. The Labute approximate surface area is 155 Å². The van der Waals surface area contributed by atoms with Crippen molar-refractivity contribution in [2.24, 2.45) is 16.6 Å². The van der Waals surface area contributed by atoms with E-state index in [1.807, 2.05) is 0 Å². The molecular formula is C18H27IN4. The van der Waals surface area contributed by atoms with Crippen molar-refractivity contribution in [1.82, 2.24) is 10.3 Å². The first-order chi connectivity index (χ1) is 10.8. The second-order valence-corrected chi connectivity index (χ2v) is 6.21. The molecule has 0 radical (unpaired) electrons. The number of rotatable bonds is 6. The van der Waals surface area contributed by atoms with Crippen LogP contribution in [0.25, 0.3) is 10.9 Å². The number of nitrogens with zero attached hydrogens (tertiary/aromatic N) is 1. The monoisotopic (exact) mass is 426 g/mol. The van der Waals surface area contributed by atoms with Gasteiger partial charge in [-0.3, -0.25) is 4.99 Å². The number of aryl methyl sites for hydroxylation is 1. The summed E-state index contributed by atoms with van der Waals surface area (Å²) >= 11 is 0. The normalized spacial score (nSPS) is 15.3. The van der Waals surface area contributed by atoms with Gasteiger partial charge in [0.1, 0.15) is 0 Å². The van der Waals surface area contributed by atoms with Crippen molar-refractivity contribution in [3.8, 4) is 0 Å². The van der Waals surface area contributed by atoms with Gasteiger partial charge in [-0.2, -0.15) is 0 Å². The molecule has 1 heterocycles. The fourth-order valence-electron chi connectivity index (χ4n) is 3.06. The molecule has 1 aliphatic carbocycles. The standard InChI is InChI=1S/C18H26N4.HI/c1-2-14-7-4-8-16-15(12-21-17(14)16)9-10-20-18(19)22-11-13-5-3-6-13;/h4,7-8,12-13,21H,2-3,5-6,9-11H2,1H3,(H3,19,20,22);1H. The molecule has 23 heavy (non-hydrogen) atoms. The number of halogens is 1. The zero-order chi connectivity index (χ0) is 15.4. The van der Waals surface area contributed by atoms with Crippen molar-refractivity contribution in [3.63, 3.8) is 0 Å². The van der Waals surface area contributed by atoms with E-state index >= 15 is 0 Å². The fraction of sp³-hybridized carbons (Fsp3) is 0.500. The third-order valence-corrected chi connectivity index (χ3v) is 4.71. The Morgan fingerprint density at radius 2 is 2.17 bits per heavy atom. The average Bonchev–Trinajstić information content (AvgIpc) is 2.89. The smallest absolute Gasteiger partial charge is 0.188 e. The van der Waals surface area contributed by atoms with Gasteiger partial charge < -0.3 is 16.0 Å². The highest BCUT2D eigenvalue weighted by Crippen LogP contribution is 2.26. The lowest BCUT2D eigenvalue weighted by molar-refractivity contribution is 0.326. The van der Waals surface area contributed by atoms with Gasteiger partial charge in [-0.1, -0.05) is 31.5 Å². The van der Waals surface area contributed by atoms with Crippen molar-refractivity contribution in [2.45, 2.75) is 39.0 Å². The van der Waals surface area contributed by atoms with E-state index in [2.05, 4.69) is 46.6 Å². The minimum Gasteiger partial charge on any atom is -0.370 e. The number of aliphatic imine (C=N–C) groups is 1. The summed E-state index contributed by atoms with van der Waals surface area (Å²) < 4.78 is 0. The van der Waals surface area contributed by atoms with Crippen molar-refractivity contribution in [2.75, 3.05) is 13.1 Å². The summed E-state index contributed by atoms with van der Waals surface area (Å²) in [5, 5.41) is 4.56. The van der Waals surface area contributed by atoms with E-state index in [9.17, 15) is 0 Å². The molecule has 1 aromatic heterocycles. The molecule has 0 spiro atoms. The maximum atomic E-state index is 5.93. The van der Waals surface area contributed by atoms with Gasteiger partial charge in [0, 0.05) is 30.2 Å². The lowest BCUT2D eigenvalue weighted by atomic mass is 9.86. The van der Waals surface area contributed by atoms with Crippen molar-refractivity contribution in [3.05, 3.63) is 35.5 Å². The average molecular weight is 426 g/mol. The molecule has 2 aromatic rings. The van der Waals surface area contributed by atoms with Crippen molar-refractivity contribution < 1.29 is 0 Å². The summed E-state index contributed by atoms with van der Waals surface area (Å²) in [7, 11) is 0. The molecule has 1 fully saturated rings. The summed E-state index contributed by atoms with van der Waals surface area (Å²) in [5.74, 6) is 1.35. The molecule has 1 aromatic carbocycles. The fourth-order valence-corrected chi connectivity index (χ4v) is 3.06. The van der Waals surface area contributed by atoms with Crippen LogP contribution in [0.2, 0.25) is 0 Å². The van der Waals surface area contributed by atoms with Crippen LogP contribution in [-0.2, 0) is 12.8 Å². The number of nitrogens with one attached hydrogen (secondary N) is 2. The maximum absolute atomic E-state index is 5.93. The number of hydrogen-bond donors (Lipinski definition) is 3. The predicted molar refractivity (Wildman–Crippen MR) is 109 cm³/mol. The number of benzene rings is 1. The Morgan fingerprint density at radius 3 is 2.87 bits per heavy atom. The van der Waals surface area contributed by atoms with Gasteiger partial charge >= 0.3 is 0 Å². The molecule has 0 aliphatic heterocycles. The van der Waals surface area contributed by atoms with Crippen LogP contribution in [0.1, 0.15) is 37.3 Å². The molecule has 0 atom stereocenters. The minimum atomic E-state index is 0. The van der Waals surface area contributed by atoms with Gasteiger partial charge in [0.2, 0.25) is 0 Å². The Morgan fingerprint density at radius 1 is 1.35 bits per heavy atom. The van der Waals surface area contributed by atoms with Crippen molar-refractivity contribution >= 4 is 40.8 Å². The molecule has 1 aliphatic rings. The molecule has 1 saturated carbocycles. The van der Waals surface area contributed by atoms with Crippen LogP contribution in [0.15, 0.2) is 29.4 Å². The van der Waals surface area contributed by atoms with Gasteiger partial charge in [-0.05, 0) is 42.7 Å². The molecule has 0 saturated heterocycles. The number of guanidine groups is 1. The zero-order valence-corrected chi connectivity index (χ0v) is 16.1. The molecule has 0 bridgehead atoms. The van der Waals surface area contributed by atoms with E-state index in [1.54, 1.807) is 0 Å². The Balaban J connectivity index is 0.00000192. The SMILES string of the molecule is CCc1cccc2c(CCNC(N)=NCC3CCC3)c[nH]c12.I. The summed E-state index contributed by atoms with van der Waals surface area (Å²) in [6.07, 6.45) is 8.10. The number of H-pyrrole nitrogens is 1. The van der Waals surface area contributed by atoms with Crippen LogP contribution in [0, 0.1) is 5.92 Å². The Bertz CT molecular complexity index is 658. The van der Waals surface area contributed by atoms with E-state index in [1.165, 1.54) is 41.3 Å². The van der Waals surface area contributed by atoms with Crippen LogP contribution in [0.3, 0.4) is 0 Å². The Kier molecular flexibility index (Phi) is 6.74. The van der Waals surface area contributed by atoms with Gasteiger partial charge in [-0.25, -0.2) is 0 Å². The third kappa shape index (κ3) is 4.40. The number of aromatic nitrogens is 1. The third-order valence-electron chi connectivity index (χ3n) is 4.71. The molecule has 0 unspecified atom stereocenters. The molecule has 3 rings (SSSR count). The highest BCUT2D eigenvalue weighted by atomic mass is 127.